The van der Waals surface area contributed by atoms with Crippen molar-refractivity contribution in [2.75, 3.05) is 11.4 Å². The summed E-state index contributed by atoms with van der Waals surface area (Å²) in [6.07, 6.45) is 3.83. The van der Waals surface area contributed by atoms with Crippen LogP contribution in [0.5, 0.6) is 0 Å². The number of carbonyl (C=O) groups is 1. The van der Waals surface area contributed by atoms with E-state index < -0.39 is 0 Å². The molecule has 1 aliphatic heterocycles. The van der Waals surface area contributed by atoms with E-state index in [1.54, 1.807) is 11.3 Å². The van der Waals surface area contributed by atoms with E-state index in [2.05, 4.69) is 28.5 Å². The third kappa shape index (κ3) is 2.63. The van der Waals surface area contributed by atoms with Crippen LogP contribution in [-0.4, -0.2) is 33.9 Å². The fraction of sp³-hybridized carbons (Fsp3) is 0.571. The molecule has 21 heavy (non-hydrogen) atoms. The van der Waals surface area contributed by atoms with Crippen molar-refractivity contribution in [1.82, 2.24) is 14.7 Å². The standard InChI is InChI=1S/C14H21N5OS/c1-9(2)16-8-11-13(17-14-19(11)6-7-21-14)18-5-3-4-10(18)12(15)20/h6-7,9-10,16H,3-5,8H2,1-2H3,(H2,15,20). The van der Waals surface area contributed by atoms with E-state index in [0.717, 1.165) is 42.4 Å². The first kappa shape index (κ1) is 14.3. The molecule has 0 aromatic carbocycles. The summed E-state index contributed by atoms with van der Waals surface area (Å²) in [5.74, 6) is 0.642. The first-order valence-corrected chi connectivity index (χ1v) is 8.19. The molecule has 1 atom stereocenters. The van der Waals surface area contributed by atoms with Gasteiger partial charge in [0.15, 0.2) is 10.8 Å². The molecular weight excluding hydrogens is 286 g/mol. The van der Waals surface area contributed by atoms with E-state index >= 15 is 0 Å². The van der Waals surface area contributed by atoms with Gasteiger partial charge in [0.2, 0.25) is 5.91 Å². The molecule has 0 bridgehead atoms. The topological polar surface area (TPSA) is 75.7 Å². The Morgan fingerprint density at radius 1 is 1.62 bits per heavy atom. The number of anilines is 1. The number of aromatic nitrogens is 2. The van der Waals surface area contributed by atoms with Crippen molar-refractivity contribution in [3.63, 3.8) is 0 Å². The SMILES string of the molecule is CC(C)NCc1c(N2CCCC2C(N)=O)nc2sccn12. The van der Waals surface area contributed by atoms with Gasteiger partial charge < -0.3 is 16.0 Å². The highest BCUT2D eigenvalue weighted by Crippen LogP contribution is 2.30. The van der Waals surface area contributed by atoms with Crippen LogP contribution < -0.4 is 16.0 Å². The van der Waals surface area contributed by atoms with Crippen molar-refractivity contribution in [2.24, 2.45) is 5.73 Å². The maximum Gasteiger partial charge on any atom is 0.240 e. The van der Waals surface area contributed by atoms with Gasteiger partial charge in [0.05, 0.1) is 5.69 Å². The van der Waals surface area contributed by atoms with E-state index in [9.17, 15) is 4.79 Å². The fourth-order valence-electron chi connectivity index (χ4n) is 2.83. The Morgan fingerprint density at radius 3 is 3.14 bits per heavy atom. The number of thiazole rings is 1. The van der Waals surface area contributed by atoms with Crippen molar-refractivity contribution < 1.29 is 4.79 Å². The highest BCUT2D eigenvalue weighted by atomic mass is 32.1. The average Bonchev–Trinajstić information content (AvgIpc) is 3.10. The second-order valence-electron chi connectivity index (χ2n) is 5.73. The van der Waals surface area contributed by atoms with Crippen molar-refractivity contribution >= 4 is 28.0 Å². The lowest BCUT2D eigenvalue weighted by atomic mass is 10.2. The predicted octanol–water partition coefficient (Wildman–Crippen LogP) is 1.35. The van der Waals surface area contributed by atoms with Crippen LogP contribution in [0.2, 0.25) is 0 Å². The van der Waals surface area contributed by atoms with Crippen LogP contribution in [0.3, 0.4) is 0 Å². The van der Waals surface area contributed by atoms with Crippen molar-refractivity contribution in [3.8, 4) is 0 Å². The smallest absolute Gasteiger partial charge is 0.240 e. The largest absolute Gasteiger partial charge is 0.368 e. The lowest BCUT2D eigenvalue weighted by Gasteiger charge is -2.23. The number of rotatable bonds is 5. The van der Waals surface area contributed by atoms with Crippen molar-refractivity contribution in [2.45, 2.75) is 45.3 Å². The van der Waals surface area contributed by atoms with Crippen LogP contribution in [0.4, 0.5) is 5.82 Å². The minimum Gasteiger partial charge on any atom is -0.368 e. The molecule has 2 aromatic heterocycles. The average molecular weight is 307 g/mol. The second-order valence-corrected chi connectivity index (χ2v) is 6.60. The van der Waals surface area contributed by atoms with E-state index in [-0.39, 0.29) is 11.9 Å². The third-order valence-electron chi connectivity index (χ3n) is 3.87. The highest BCUT2D eigenvalue weighted by molar-refractivity contribution is 7.15. The maximum absolute atomic E-state index is 11.6. The molecule has 2 aromatic rings. The van der Waals surface area contributed by atoms with E-state index in [0.29, 0.717) is 6.04 Å². The van der Waals surface area contributed by atoms with Gasteiger partial charge in [0.25, 0.3) is 0 Å². The first-order chi connectivity index (χ1) is 10.1. The van der Waals surface area contributed by atoms with Gasteiger partial charge in [0.1, 0.15) is 6.04 Å². The van der Waals surface area contributed by atoms with E-state index in [4.69, 9.17) is 10.7 Å². The Kier molecular flexibility index (Phi) is 3.86. The Balaban J connectivity index is 1.98. The van der Waals surface area contributed by atoms with Crippen LogP contribution in [0, 0.1) is 0 Å². The molecule has 0 radical (unpaired) electrons. The quantitative estimate of drug-likeness (QED) is 0.874. The lowest BCUT2D eigenvalue weighted by molar-refractivity contribution is -0.119. The molecular formula is C14H21N5OS. The summed E-state index contributed by atoms with van der Waals surface area (Å²) in [6, 6.07) is 0.167. The Morgan fingerprint density at radius 2 is 2.43 bits per heavy atom. The molecule has 1 fully saturated rings. The maximum atomic E-state index is 11.6. The number of hydrogen-bond donors (Lipinski definition) is 2. The van der Waals surface area contributed by atoms with E-state index in [1.165, 1.54) is 0 Å². The molecule has 7 heteroatoms. The lowest BCUT2D eigenvalue weighted by Crippen LogP contribution is -2.41. The zero-order valence-electron chi connectivity index (χ0n) is 12.4. The summed E-state index contributed by atoms with van der Waals surface area (Å²) in [4.78, 5) is 19.4. The zero-order chi connectivity index (χ0) is 15.0. The molecule has 0 spiro atoms. The number of nitrogens with one attached hydrogen (secondary N) is 1. The number of nitrogens with zero attached hydrogens (tertiary/aromatic N) is 3. The molecule has 3 heterocycles. The van der Waals surface area contributed by atoms with Crippen LogP contribution in [0.15, 0.2) is 11.6 Å². The summed E-state index contributed by atoms with van der Waals surface area (Å²) >= 11 is 1.61. The molecule has 114 valence electrons. The monoisotopic (exact) mass is 307 g/mol. The van der Waals surface area contributed by atoms with Gasteiger partial charge in [0, 0.05) is 30.7 Å². The van der Waals surface area contributed by atoms with Gasteiger partial charge in [-0.05, 0) is 12.8 Å². The summed E-state index contributed by atoms with van der Waals surface area (Å²) in [5.41, 5.74) is 6.64. The molecule has 3 rings (SSSR count). The molecule has 0 saturated carbocycles. The number of amides is 1. The van der Waals surface area contributed by atoms with Gasteiger partial charge in [-0.3, -0.25) is 9.20 Å². The summed E-state index contributed by atoms with van der Waals surface area (Å²) in [5, 5.41) is 5.47. The number of fused-ring (bicyclic) bond motifs is 1. The molecule has 1 amide bonds. The fourth-order valence-corrected chi connectivity index (χ4v) is 3.56. The number of carbonyl (C=O) groups excluding carboxylic acids is 1. The third-order valence-corrected chi connectivity index (χ3v) is 4.63. The summed E-state index contributed by atoms with van der Waals surface area (Å²) < 4.78 is 2.10. The number of primary amides is 1. The number of imidazole rings is 1. The second kappa shape index (κ2) is 5.65. The minimum atomic E-state index is -0.258. The molecule has 1 saturated heterocycles. The van der Waals surface area contributed by atoms with Gasteiger partial charge in [-0.2, -0.15) is 0 Å². The van der Waals surface area contributed by atoms with Crippen molar-refractivity contribution in [3.05, 3.63) is 17.3 Å². The summed E-state index contributed by atoms with van der Waals surface area (Å²) in [7, 11) is 0. The Hall–Kier alpha value is -1.60. The van der Waals surface area contributed by atoms with Crippen LogP contribution >= 0.6 is 11.3 Å². The van der Waals surface area contributed by atoms with Crippen LogP contribution in [0.1, 0.15) is 32.4 Å². The Bertz CT molecular complexity index is 647. The van der Waals surface area contributed by atoms with Crippen LogP contribution in [-0.2, 0) is 11.3 Å². The van der Waals surface area contributed by atoms with Gasteiger partial charge in [-0.15, -0.1) is 11.3 Å². The number of nitrogens with two attached hydrogens (primary N) is 1. The predicted molar refractivity (Wildman–Crippen MR) is 84.6 cm³/mol. The molecule has 3 N–H and O–H groups in total. The summed E-state index contributed by atoms with van der Waals surface area (Å²) in [6.45, 7) is 5.81. The van der Waals surface area contributed by atoms with Gasteiger partial charge in [-0.25, -0.2) is 4.98 Å². The Labute approximate surface area is 127 Å². The van der Waals surface area contributed by atoms with Gasteiger partial charge in [-0.1, -0.05) is 13.8 Å². The molecule has 6 nitrogen and oxygen atoms in total. The minimum absolute atomic E-state index is 0.229. The number of hydrogen-bond acceptors (Lipinski definition) is 5. The first-order valence-electron chi connectivity index (χ1n) is 7.31. The van der Waals surface area contributed by atoms with E-state index in [1.807, 2.05) is 11.6 Å². The zero-order valence-corrected chi connectivity index (χ0v) is 13.2. The molecule has 1 unspecified atom stereocenters. The normalized spacial score (nSPS) is 19.0. The van der Waals surface area contributed by atoms with Crippen LogP contribution in [0.25, 0.3) is 4.96 Å². The van der Waals surface area contributed by atoms with Gasteiger partial charge >= 0.3 is 0 Å². The molecule has 0 aliphatic carbocycles. The molecule has 1 aliphatic rings. The highest BCUT2D eigenvalue weighted by Gasteiger charge is 2.32. The van der Waals surface area contributed by atoms with Crippen molar-refractivity contribution in [1.29, 1.82) is 0 Å².